The summed E-state index contributed by atoms with van der Waals surface area (Å²) in [7, 11) is -9.89. The maximum absolute atomic E-state index is 8.49. The summed E-state index contributed by atoms with van der Waals surface area (Å²) in [4.78, 5) is 0. The van der Waals surface area contributed by atoms with E-state index in [-0.39, 0.29) is 0 Å². The lowest BCUT2D eigenvalue weighted by molar-refractivity contribution is -2.00. The van der Waals surface area contributed by atoms with Crippen LogP contribution in [-0.2, 0) is 13.1 Å². The Morgan fingerprint density at radius 3 is 1.00 bits per heavy atom. The number of aromatic nitrogens is 2. The Bertz CT molecular complexity index is 674. The summed E-state index contributed by atoms with van der Waals surface area (Å²) >= 11 is 0. The molecule has 0 unspecified atom stereocenters. The van der Waals surface area contributed by atoms with Gasteiger partial charge in [0.05, 0.1) is 0 Å². The molecule has 10 nitrogen and oxygen atoms in total. The quantitative estimate of drug-likeness (QED) is 0.207. The molecule has 0 atom stereocenters. The fourth-order valence-electron chi connectivity index (χ4n) is 3.04. The van der Waals surface area contributed by atoms with Crippen molar-refractivity contribution in [3.05, 3.63) is 49.1 Å². The number of hydrogen-bond donors (Lipinski definition) is 0. The standard InChI is InChI=1S/C22H34N2.2ClHO4/c1-3-5-7-9-15-23-17-11-21(12-18-23)22-13-19-24(20-14-22)16-10-8-6-4-2;2*2-1(3,4)5/h11-14,17-20H,3-10,15-16H2,1-2H3;2*(H,2,3,4,5)/q+2;;/p-2. The first kappa shape index (κ1) is 32.6. The van der Waals surface area contributed by atoms with E-state index in [9.17, 15) is 0 Å². The van der Waals surface area contributed by atoms with Crippen LogP contribution in [0, 0.1) is 20.5 Å². The van der Waals surface area contributed by atoms with Crippen molar-refractivity contribution in [3.8, 4) is 11.1 Å². The van der Waals surface area contributed by atoms with Gasteiger partial charge in [0, 0.05) is 37.1 Å². The molecule has 0 amide bonds. The maximum atomic E-state index is 8.49. The number of nitrogens with zero attached hydrogens (tertiary/aromatic N) is 2. The molecule has 0 radical (unpaired) electrons. The molecule has 0 aromatic carbocycles. The molecule has 0 saturated heterocycles. The summed E-state index contributed by atoms with van der Waals surface area (Å²) < 4.78 is 72.5. The molecule has 0 bridgehead atoms. The second-order valence-electron chi connectivity index (χ2n) is 7.53. The molecule has 0 spiro atoms. The summed E-state index contributed by atoms with van der Waals surface area (Å²) in [5.74, 6) is 0. The lowest BCUT2D eigenvalue weighted by Crippen LogP contribution is -2.68. The third-order valence-electron chi connectivity index (χ3n) is 4.66. The molecular weight excluding hydrogens is 491 g/mol. The Morgan fingerprint density at radius 1 is 0.500 bits per heavy atom. The van der Waals surface area contributed by atoms with Gasteiger partial charge in [-0.05, 0) is 24.0 Å². The molecule has 2 heterocycles. The smallest absolute Gasteiger partial charge is 0.169 e. The van der Waals surface area contributed by atoms with E-state index in [1.54, 1.807) is 0 Å². The lowest BCUT2D eigenvalue weighted by atomic mass is 10.1. The van der Waals surface area contributed by atoms with Crippen LogP contribution in [0.4, 0.5) is 0 Å². The first-order valence-electron chi connectivity index (χ1n) is 11.1. The van der Waals surface area contributed by atoms with Gasteiger partial charge in [-0.25, -0.2) is 46.4 Å². The molecule has 194 valence electrons. The number of pyridine rings is 2. The van der Waals surface area contributed by atoms with E-state index < -0.39 is 20.5 Å². The molecule has 0 aliphatic heterocycles. The van der Waals surface area contributed by atoms with Crippen LogP contribution >= 0.6 is 0 Å². The van der Waals surface area contributed by atoms with E-state index in [4.69, 9.17) is 37.3 Å². The summed E-state index contributed by atoms with van der Waals surface area (Å²) in [6.07, 6.45) is 19.4. The van der Waals surface area contributed by atoms with E-state index in [0.717, 1.165) is 13.1 Å². The molecule has 0 aliphatic rings. The number of unbranched alkanes of at least 4 members (excludes halogenated alkanes) is 6. The van der Waals surface area contributed by atoms with Gasteiger partial charge in [-0.3, -0.25) is 0 Å². The molecule has 0 fully saturated rings. The van der Waals surface area contributed by atoms with Gasteiger partial charge >= 0.3 is 0 Å². The van der Waals surface area contributed by atoms with Crippen molar-refractivity contribution in [2.45, 2.75) is 78.3 Å². The van der Waals surface area contributed by atoms with E-state index in [1.165, 1.54) is 62.5 Å². The largest absolute Gasteiger partial charge is 0.222 e. The van der Waals surface area contributed by atoms with Crippen molar-refractivity contribution < 1.29 is 66.9 Å². The fraction of sp³-hybridized carbons (Fsp3) is 0.545. The van der Waals surface area contributed by atoms with Crippen molar-refractivity contribution in [1.82, 2.24) is 0 Å². The normalized spacial score (nSPS) is 11.2. The van der Waals surface area contributed by atoms with Gasteiger partial charge in [0.25, 0.3) is 0 Å². The van der Waals surface area contributed by atoms with Crippen LogP contribution in [0.25, 0.3) is 11.1 Å². The fourth-order valence-corrected chi connectivity index (χ4v) is 3.04. The van der Waals surface area contributed by atoms with Gasteiger partial charge < -0.3 is 0 Å². The second-order valence-corrected chi connectivity index (χ2v) is 9.04. The van der Waals surface area contributed by atoms with Gasteiger partial charge in [0.1, 0.15) is 13.1 Å². The van der Waals surface area contributed by atoms with Crippen LogP contribution < -0.4 is 46.4 Å². The predicted molar refractivity (Wildman–Crippen MR) is 101 cm³/mol. The molecule has 2 rings (SSSR count). The lowest BCUT2D eigenvalue weighted by Gasteiger charge is -2.17. The average molecular weight is 525 g/mol. The van der Waals surface area contributed by atoms with Crippen LogP contribution in [0.5, 0.6) is 0 Å². The molecule has 34 heavy (non-hydrogen) atoms. The average Bonchev–Trinajstić information content (AvgIpc) is 2.73. The number of halogens is 2. The first-order chi connectivity index (χ1) is 15.8. The monoisotopic (exact) mass is 524 g/mol. The minimum atomic E-state index is -4.94. The van der Waals surface area contributed by atoms with E-state index in [1.807, 2.05) is 0 Å². The Hall–Kier alpha value is -1.44. The zero-order valence-corrected chi connectivity index (χ0v) is 21.1. The SMILES string of the molecule is CCCCCC[n+]1ccc(-c2cc[n+](CCCCCC)cc2)cc1.[O-][Cl+3]([O-])([O-])[O-].[O-][Cl+3]([O-])([O-])[O-]. The van der Waals surface area contributed by atoms with Gasteiger partial charge in [0.2, 0.25) is 0 Å². The molecule has 0 N–H and O–H groups in total. The highest BCUT2D eigenvalue weighted by molar-refractivity contribution is 5.60. The Morgan fingerprint density at radius 2 is 0.765 bits per heavy atom. The van der Waals surface area contributed by atoms with Crippen molar-refractivity contribution in [2.75, 3.05) is 0 Å². The summed E-state index contributed by atoms with van der Waals surface area (Å²) in [6, 6.07) is 8.95. The van der Waals surface area contributed by atoms with Gasteiger partial charge in [0.15, 0.2) is 24.8 Å². The minimum Gasteiger partial charge on any atom is -0.222 e. The minimum absolute atomic E-state index is 1.13. The maximum Gasteiger partial charge on any atom is 0.169 e. The van der Waals surface area contributed by atoms with Crippen LogP contribution in [0.1, 0.15) is 65.2 Å². The zero-order chi connectivity index (χ0) is 26.0. The van der Waals surface area contributed by atoms with E-state index in [0.29, 0.717) is 0 Å². The number of rotatable bonds is 11. The second kappa shape index (κ2) is 17.9. The van der Waals surface area contributed by atoms with Crippen LogP contribution in [0.3, 0.4) is 0 Å². The van der Waals surface area contributed by atoms with Crippen molar-refractivity contribution in [1.29, 1.82) is 0 Å². The summed E-state index contributed by atoms with van der Waals surface area (Å²) in [5.41, 5.74) is 2.61. The van der Waals surface area contributed by atoms with E-state index in [2.05, 4.69) is 72.0 Å². The van der Waals surface area contributed by atoms with Gasteiger partial charge in [-0.15, -0.1) is 20.5 Å². The number of aryl methyl sites for hydroxylation is 2. The summed E-state index contributed by atoms with van der Waals surface area (Å²) in [5, 5.41) is 0. The van der Waals surface area contributed by atoms with Crippen molar-refractivity contribution in [3.63, 3.8) is 0 Å². The highest BCUT2D eigenvalue weighted by Gasteiger charge is 2.05. The molecule has 0 aliphatic carbocycles. The third-order valence-corrected chi connectivity index (χ3v) is 4.66. The molecule has 2 aromatic heterocycles. The molecule has 12 heteroatoms. The van der Waals surface area contributed by atoms with Crippen LogP contribution in [-0.4, -0.2) is 0 Å². The predicted octanol–water partition coefficient (Wildman–Crippen LogP) is -4.42. The van der Waals surface area contributed by atoms with Crippen molar-refractivity contribution >= 4 is 0 Å². The van der Waals surface area contributed by atoms with Gasteiger partial charge in [-0.1, -0.05) is 39.5 Å². The highest BCUT2D eigenvalue weighted by Crippen LogP contribution is 2.15. The zero-order valence-electron chi connectivity index (χ0n) is 19.6. The van der Waals surface area contributed by atoms with E-state index >= 15 is 0 Å². The molecule has 2 aromatic rings. The van der Waals surface area contributed by atoms with Crippen LogP contribution in [0.15, 0.2) is 49.1 Å². The van der Waals surface area contributed by atoms with Crippen molar-refractivity contribution in [2.24, 2.45) is 0 Å². The topological polar surface area (TPSA) is 192 Å². The third kappa shape index (κ3) is 22.4. The first-order valence-corrected chi connectivity index (χ1v) is 13.5. The molecular formula is C22H34Cl2N2O8. The molecule has 0 saturated carbocycles. The highest BCUT2D eigenvalue weighted by atomic mass is 35.7. The Labute approximate surface area is 205 Å². The summed E-state index contributed by atoms with van der Waals surface area (Å²) in [6.45, 7) is 6.78. The number of hydrogen-bond acceptors (Lipinski definition) is 8. The Balaban J connectivity index is 0.000000916. The van der Waals surface area contributed by atoms with Crippen LogP contribution in [0.2, 0.25) is 0 Å². The van der Waals surface area contributed by atoms with Gasteiger partial charge in [-0.2, -0.15) is 0 Å². The Kier molecular flexibility index (Phi) is 17.2.